The smallest absolute Gasteiger partial charge is 0.222 e. The maximum absolute atomic E-state index is 11.3. The van der Waals surface area contributed by atoms with Crippen LogP contribution in [-0.2, 0) is 14.3 Å². The first-order valence-corrected chi connectivity index (χ1v) is 6.28. The summed E-state index contributed by atoms with van der Waals surface area (Å²) in [6.45, 7) is 3.88. The second-order valence-electron chi connectivity index (χ2n) is 4.42. The molecule has 5 heteroatoms. The zero-order chi connectivity index (χ0) is 12.5. The Morgan fingerprint density at radius 3 is 2.94 bits per heavy atom. The summed E-state index contributed by atoms with van der Waals surface area (Å²) < 4.78 is 10.4. The van der Waals surface area contributed by atoms with Gasteiger partial charge in [0.1, 0.15) is 0 Å². The molecule has 1 heterocycles. The Bertz CT molecular complexity index is 224. The maximum Gasteiger partial charge on any atom is 0.222 e. The molecule has 1 unspecified atom stereocenters. The number of nitrogens with zero attached hydrogens (tertiary/aromatic N) is 1. The second-order valence-corrected chi connectivity index (χ2v) is 4.42. The Balaban J connectivity index is 1.94. The molecule has 1 amide bonds. The number of hydrogen-bond donors (Lipinski definition) is 1. The van der Waals surface area contributed by atoms with Crippen molar-refractivity contribution in [2.75, 3.05) is 47.1 Å². The van der Waals surface area contributed by atoms with E-state index in [1.54, 1.807) is 12.0 Å². The fraction of sp³-hybridized carbons (Fsp3) is 0.917. The van der Waals surface area contributed by atoms with Crippen LogP contribution >= 0.6 is 0 Å². The van der Waals surface area contributed by atoms with E-state index in [-0.39, 0.29) is 5.91 Å². The first-order valence-electron chi connectivity index (χ1n) is 6.28. The molecule has 1 saturated heterocycles. The van der Waals surface area contributed by atoms with Crippen LogP contribution in [0, 0.1) is 0 Å². The van der Waals surface area contributed by atoms with Gasteiger partial charge in [-0.1, -0.05) is 0 Å². The van der Waals surface area contributed by atoms with Crippen molar-refractivity contribution < 1.29 is 14.3 Å². The van der Waals surface area contributed by atoms with E-state index in [2.05, 4.69) is 5.32 Å². The third-order valence-corrected chi connectivity index (χ3v) is 2.94. The minimum Gasteiger partial charge on any atom is -0.385 e. The van der Waals surface area contributed by atoms with Crippen LogP contribution in [0.25, 0.3) is 0 Å². The van der Waals surface area contributed by atoms with Crippen LogP contribution in [0.15, 0.2) is 0 Å². The molecule has 0 saturated carbocycles. The van der Waals surface area contributed by atoms with Crippen molar-refractivity contribution in [3.63, 3.8) is 0 Å². The fourth-order valence-corrected chi connectivity index (χ4v) is 1.92. The molecule has 1 aliphatic rings. The van der Waals surface area contributed by atoms with E-state index >= 15 is 0 Å². The van der Waals surface area contributed by atoms with Crippen molar-refractivity contribution >= 4 is 5.91 Å². The summed E-state index contributed by atoms with van der Waals surface area (Å²) in [5, 5.41) is 3.41. The number of likely N-dealkylation sites (N-methyl/N-ethyl adjacent to an activating group) is 1. The lowest BCUT2D eigenvalue weighted by Crippen LogP contribution is -2.47. The summed E-state index contributed by atoms with van der Waals surface area (Å²) in [5.41, 5.74) is 0. The summed E-state index contributed by atoms with van der Waals surface area (Å²) in [7, 11) is 3.56. The molecule has 1 N–H and O–H groups in total. The van der Waals surface area contributed by atoms with Gasteiger partial charge in [0.25, 0.3) is 0 Å². The number of carbonyl (C=O) groups excluding carboxylic acids is 1. The van der Waals surface area contributed by atoms with Gasteiger partial charge in [-0.3, -0.25) is 4.79 Å². The molecule has 0 aromatic heterocycles. The zero-order valence-corrected chi connectivity index (χ0v) is 10.9. The Morgan fingerprint density at radius 2 is 2.24 bits per heavy atom. The third kappa shape index (κ3) is 6.00. The number of hydrogen-bond acceptors (Lipinski definition) is 4. The molecule has 100 valence electrons. The molecule has 1 atom stereocenters. The molecule has 0 spiro atoms. The first-order chi connectivity index (χ1) is 8.24. The number of amides is 1. The van der Waals surface area contributed by atoms with Crippen LogP contribution in [0.3, 0.4) is 0 Å². The molecule has 1 aliphatic heterocycles. The van der Waals surface area contributed by atoms with Crippen molar-refractivity contribution in [2.45, 2.75) is 25.3 Å². The number of piperidine rings is 1. The molecule has 5 nitrogen and oxygen atoms in total. The van der Waals surface area contributed by atoms with E-state index in [1.807, 2.05) is 7.05 Å². The zero-order valence-electron chi connectivity index (χ0n) is 10.9. The van der Waals surface area contributed by atoms with Gasteiger partial charge in [-0.15, -0.1) is 0 Å². The van der Waals surface area contributed by atoms with Crippen LogP contribution in [0.1, 0.15) is 19.3 Å². The monoisotopic (exact) mass is 244 g/mol. The van der Waals surface area contributed by atoms with Crippen molar-refractivity contribution in [1.29, 1.82) is 0 Å². The molecule has 1 fully saturated rings. The third-order valence-electron chi connectivity index (χ3n) is 2.94. The summed E-state index contributed by atoms with van der Waals surface area (Å²) >= 11 is 0. The molecular formula is C12H24N2O3. The highest BCUT2D eigenvalue weighted by Gasteiger charge is 2.21. The van der Waals surface area contributed by atoms with Gasteiger partial charge in [0.2, 0.25) is 5.91 Å². The molecule has 0 radical (unpaired) electrons. The predicted octanol–water partition coefficient (Wildman–Crippen LogP) is 0.250. The summed E-state index contributed by atoms with van der Waals surface area (Å²) in [4.78, 5) is 13.1. The SMILES string of the molecule is COCCCOCCNC1CCC(=O)N(C)C1. The molecule has 17 heavy (non-hydrogen) atoms. The highest BCUT2D eigenvalue weighted by atomic mass is 16.5. The second kappa shape index (κ2) is 8.44. The maximum atomic E-state index is 11.3. The van der Waals surface area contributed by atoms with Crippen LogP contribution in [0.5, 0.6) is 0 Å². The summed E-state index contributed by atoms with van der Waals surface area (Å²) in [5.74, 6) is 0.249. The van der Waals surface area contributed by atoms with Gasteiger partial charge < -0.3 is 19.7 Å². The Morgan fingerprint density at radius 1 is 1.41 bits per heavy atom. The van der Waals surface area contributed by atoms with Gasteiger partial charge in [0, 0.05) is 52.9 Å². The van der Waals surface area contributed by atoms with Gasteiger partial charge in [0.15, 0.2) is 0 Å². The van der Waals surface area contributed by atoms with Crippen LogP contribution in [-0.4, -0.2) is 63.9 Å². The Hall–Kier alpha value is -0.650. The topological polar surface area (TPSA) is 50.8 Å². The first kappa shape index (κ1) is 14.4. The van der Waals surface area contributed by atoms with Crippen LogP contribution in [0.2, 0.25) is 0 Å². The number of methoxy groups -OCH3 is 1. The minimum absolute atomic E-state index is 0.249. The number of nitrogens with one attached hydrogen (secondary N) is 1. The molecular weight excluding hydrogens is 220 g/mol. The highest BCUT2D eigenvalue weighted by Crippen LogP contribution is 2.08. The predicted molar refractivity (Wildman–Crippen MR) is 66.0 cm³/mol. The van der Waals surface area contributed by atoms with Gasteiger partial charge in [-0.2, -0.15) is 0 Å². The Kier molecular flexibility index (Phi) is 7.16. The normalized spacial score (nSPS) is 20.9. The lowest BCUT2D eigenvalue weighted by atomic mass is 10.1. The van der Waals surface area contributed by atoms with E-state index in [9.17, 15) is 4.79 Å². The minimum atomic E-state index is 0.249. The van der Waals surface area contributed by atoms with Gasteiger partial charge >= 0.3 is 0 Å². The van der Waals surface area contributed by atoms with Crippen LogP contribution in [0.4, 0.5) is 0 Å². The average molecular weight is 244 g/mol. The van der Waals surface area contributed by atoms with Gasteiger partial charge in [0.05, 0.1) is 6.61 Å². The van der Waals surface area contributed by atoms with E-state index in [0.29, 0.717) is 12.5 Å². The molecule has 1 rings (SSSR count). The van der Waals surface area contributed by atoms with Crippen LogP contribution < -0.4 is 5.32 Å². The quantitative estimate of drug-likeness (QED) is 0.622. The largest absolute Gasteiger partial charge is 0.385 e. The number of likely N-dealkylation sites (tertiary alicyclic amines) is 1. The number of rotatable bonds is 8. The van der Waals surface area contributed by atoms with E-state index in [0.717, 1.165) is 45.8 Å². The molecule has 0 aromatic carbocycles. The molecule has 0 aliphatic carbocycles. The van der Waals surface area contributed by atoms with Gasteiger partial charge in [-0.25, -0.2) is 0 Å². The number of carbonyl (C=O) groups is 1. The van der Waals surface area contributed by atoms with Crippen molar-refractivity contribution in [3.8, 4) is 0 Å². The van der Waals surface area contributed by atoms with Crippen molar-refractivity contribution in [2.24, 2.45) is 0 Å². The molecule has 0 aromatic rings. The van der Waals surface area contributed by atoms with Crippen molar-refractivity contribution in [3.05, 3.63) is 0 Å². The molecule has 0 bridgehead atoms. The fourth-order valence-electron chi connectivity index (χ4n) is 1.92. The van der Waals surface area contributed by atoms with Gasteiger partial charge in [-0.05, 0) is 12.8 Å². The lowest BCUT2D eigenvalue weighted by Gasteiger charge is -2.30. The Labute approximate surface area is 103 Å². The van der Waals surface area contributed by atoms with E-state index in [1.165, 1.54) is 0 Å². The summed E-state index contributed by atoms with van der Waals surface area (Å²) in [6, 6.07) is 0.417. The standard InChI is InChI=1S/C12H24N2O3/c1-14-10-11(4-5-12(14)15)13-6-9-17-8-3-7-16-2/h11,13H,3-10H2,1-2H3. The van der Waals surface area contributed by atoms with Crippen molar-refractivity contribution in [1.82, 2.24) is 10.2 Å². The average Bonchev–Trinajstić information content (AvgIpc) is 2.32. The van der Waals surface area contributed by atoms with E-state index in [4.69, 9.17) is 9.47 Å². The lowest BCUT2D eigenvalue weighted by molar-refractivity contribution is -0.132. The number of ether oxygens (including phenoxy) is 2. The van der Waals surface area contributed by atoms with E-state index < -0.39 is 0 Å². The highest BCUT2D eigenvalue weighted by molar-refractivity contribution is 5.76. The summed E-state index contributed by atoms with van der Waals surface area (Å²) in [6.07, 6.45) is 2.53.